The van der Waals surface area contributed by atoms with Gasteiger partial charge in [0.05, 0.1) is 10.3 Å². The lowest BCUT2D eigenvalue weighted by Gasteiger charge is -2.02. The Morgan fingerprint density at radius 1 is 1.21 bits per heavy atom. The SMILES string of the molecule is O=c1onc(-c2ccccc2)n1Cc1ccc(Br)s1. The highest BCUT2D eigenvalue weighted by atomic mass is 79.9. The van der Waals surface area contributed by atoms with Gasteiger partial charge in [0.15, 0.2) is 5.82 Å². The van der Waals surface area contributed by atoms with Crippen molar-refractivity contribution in [2.75, 3.05) is 0 Å². The fraction of sp³-hybridized carbons (Fsp3) is 0.0769. The van der Waals surface area contributed by atoms with Crippen LogP contribution >= 0.6 is 27.3 Å². The molecule has 0 aliphatic rings. The smallest absolute Gasteiger partial charge is 0.295 e. The van der Waals surface area contributed by atoms with Crippen molar-refractivity contribution in [1.29, 1.82) is 0 Å². The van der Waals surface area contributed by atoms with Gasteiger partial charge in [0.25, 0.3) is 0 Å². The predicted molar refractivity (Wildman–Crippen MR) is 77.3 cm³/mol. The number of rotatable bonds is 3. The monoisotopic (exact) mass is 336 g/mol. The molecule has 19 heavy (non-hydrogen) atoms. The molecule has 3 rings (SSSR count). The van der Waals surface area contributed by atoms with Crippen LogP contribution in [0, 0.1) is 0 Å². The first kappa shape index (κ1) is 12.4. The Morgan fingerprint density at radius 3 is 2.68 bits per heavy atom. The summed E-state index contributed by atoms with van der Waals surface area (Å²) in [6, 6.07) is 13.5. The molecule has 0 spiro atoms. The summed E-state index contributed by atoms with van der Waals surface area (Å²) in [6.45, 7) is 0.461. The molecule has 0 bridgehead atoms. The zero-order valence-corrected chi connectivity index (χ0v) is 12.1. The van der Waals surface area contributed by atoms with Crippen molar-refractivity contribution in [2.45, 2.75) is 6.54 Å². The van der Waals surface area contributed by atoms with Gasteiger partial charge in [0.2, 0.25) is 0 Å². The van der Waals surface area contributed by atoms with E-state index >= 15 is 0 Å². The van der Waals surface area contributed by atoms with Crippen LogP contribution in [0.4, 0.5) is 0 Å². The van der Waals surface area contributed by atoms with Gasteiger partial charge in [-0.3, -0.25) is 9.09 Å². The Balaban J connectivity index is 2.02. The highest BCUT2D eigenvalue weighted by Crippen LogP contribution is 2.24. The van der Waals surface area contributed by atoms with Crippen LogP contribution in [0.1, 0.15) is 4.88 Å². The normalized spacial score (nSPS) is 10.8. The Bertz CT molecular complexity index is 745. The molecule has 1 aromatic carbocycles. The zero-order chi connectivity index (χ0) is 13.2. The fourth-order valence-electron chi connectivity index (χ4n) is 1.80. The number of thiophene rings is 1. The van der Waals surface area contributed by atoms with E-state index in [0.717, 1.165) is 14.2 Å². The van der Waals surface area contributed by atoms with Crippen molar-refractivity contribution in [3.8, 4) is 11.4 Å². The number of aromatic nitrogens is 2. The third-order valence-electron chi connectivity index (χ3n) is 2.66. The van der Waals surface area contributed by atoms with Crippen LogP contribution in [0.25, 0.3) is 11.4 Å². The summed E-state index contributed by atoms with van der Waals surface area (Å²) in [5.41, 5.74) is 0.865. The number of nitrogens with zero attached hydrogens (tertiary/aromatic N) is 2. The Morgan fingerprint density at radius 2 is 2.00 bits per heavy atom. The third kappa shape index (κ3) is 2.54. The van der Waals surface area contributed by atoms with Crippen molar-refractivity contribution < 1.29 is 4.52 Å². The van der Waals surface area contributed by atoms with E-state index in [-0.39, 0.29) is 0 Å². The minimum Gasteiger partial charge on any atom is -0.295 e. The average molecular weight is 337 g/mol. The summed E-state index contributed by atoms with van der Waals surface area (Å²) in [5.74, 6) is 0.110. The molecule has 0 fully saturated rings. The summed E-state index contributed by atoms with van der Waals surface area (Å²) in [4.78, 5) is 12.8. The molecule has 0 radical (unpaired) electrons. The lowest BCUT2D eigenvalue weighted by molar-refractivity contribution is 0.378. The van der Waals surface area contributed by atoms with E-state index in [1.165, 1.54) is 4.57 Å². The lowest BCUT2D eigenvalue weighted by atomic mass is 10.2. The second-order valence-electron chi connectivity index (χ2n) is 3.93. The highest BCUT2D eigenvalue weighted by molar-refractivity contribution is 9.11. The maximum absolute atomic E-state index is 11.8. The number of halogens is 1. The van der Waals surface area contributed by atoms with E-state index in [9.17, 15) is 4.79 Å². The van der Waals surface area contributed by atoms with Gasteiger partial charge < -0.3 is 0 Å². The van der Waals surface area contributed by atoms with Crippen molar-refractivity contribution in [1.82, 2.24) is 9.72 Å². The van der Waals surface area contributed by atoms with Gasteiger partial charge in [0.1, 0.15) is 0 Å². The van der Waals surface area contributed by atoms with Gasteiger partial charge in [0, 0.05) is 10.4 Å². The van der Waals surface area contributed by atoms with Crippen molar-refractivity contribution in [3.05, 3.63) is 61.7 Å². The molecule has 0 atom stereocenters. The quantitative estimate of drug-likeness (QED) is 0.736. The van der Waals surface area contributed by atoms with E-state index in [0.29, 0.717) is 12.4 Å². The molecule has 0 N–H and O–H groups in total. The molecule has 2 heterocycles. The van der Waals surface area contributed by atoms with Crippen molar-refractivity contribution in [3.63, 3.8) is 0 Å². The molecule has 4 nitrogen and oxygen atoms in total. The molecule has 3 aromatic rings. The van der Waals surface area contributed by atoms with Gasteiger partial charge in [-0.05, 0) is 28.1 Å². The van der Waals surface area contributed by atoms with Crippen LogP contribution in [0.2, 0.25) is 0 Å². The van der Waals surface area contributed by atoms with E-state index < -0.39 is 5.76 Å². The molecule has 6 heteroatoms. The minimum atomic E-state index is -0.441. The maximum Gasteiger partial charge on any atom is 0.442 e. The first-order valence-electron chi connectivity index (χ1n) is 5.60. The molecule has 0 aliphatic heterocycles. The first-order valence-corrected chi connectivity index (χ1v) is 7.21. The number of benzene rings is 1. The molecule has 96 valence electrons. The molecule has 2 aromatic heterocycles. The van der Waals surface area contributed by atoms with Crippen LogP contribution in [0.5, 0.6) is 0 Å². The Hall–Kier alpha value is -1.66. The van der Waals surface area contributed by atoms with Crippen LogP contribution in [0.3, 0.4) is 0 Å². The Kier molecular flexibility index (Phi) is 3.35. The van der Waals surface area contributed by atoms with Crippen LogP contribution in [-0.2, 0) is 6.54 Å². The maximum atomic E-state index is 11.8. The average Bonchev–Trinajstić information content (AvgIpc) is 2.99. The highest BCUT2D eigenvalue weighted by Gasteiger charge is 2.13. The Labute approximate surface area is 121 Å². The van der Waals surface area contributed by atoms with Crippen molar-refractivity contribution in [2.24, 2.45) is 0 Å². The number of hydrogen-bond donors (Lipinski definition) is 0. The van der Waals surface area contributed by atoms with E-state index in [2.05, 4.69) is 21.1 Å². The van der Waals surface area contributed by atoms with E-state index in [4.69, 9.17) is 4.52 Å². The molecule has 0 saturated carbocycles. The summed E-state index contributed by atoms with van der Waals surface area (Å²) >= 11 is 5.00. The van der Waals surface area contributed by atoms with Crippen molar-refractivity contribution >= 4 is 27.3 Å². The van der Waals surface area contributed by atoms with E-state index in [1.54, 1.807) is 11.3 Å². The lowest BCUT2D eigenvalue weighted by Crippen LogP contribution is -2.15. The summed E-state index contributed by atoms with van der Waals surface area (Å²) < 4.78 is 7.35. The second-order valence-corrected chi connectivity index (χ2v) is 6.48. The van der Waals surface area contributed by atoms with Gasteiger partial charge in [-0.2, -0.15) is 0 Å². The van der Waals surface area contributed by atoms with Crippen LogP contribution in [0.15, 0.2) is 55.6 Å². The first-order chi connectivity index (χ1) is 9.24. The molecular weight excluding hydrogens is 328 g/mol. The summed E-state index contributed by atoms with van der Waals surface area (Å²) in [7, 11) is 0. The van der Waals surface area contributed by atoms with Gasteiger partial charge in [-0.15, -0.1) is 11.3 Å². The third-order valence-corrected chi connectivity index (χ3v) is 4.27. The van der Waals surface area contributed by atoms with Gasteiger partial charge in [-0.25, -0.2) is 4.79 Å². The topological polar surface area (TPSA) is 48.0 Å². The van der Waals surface area contributed by atoms with Crippen LogP contribution in [-0.4, -0.2) is 9.72 Å². The van der Waals surface area contributed by atoms with E-state index in [1.807, 2.05) is 42.5 Å². The van der Waals surface area contributed by atoms with Gasteiger partial charge in [-0.1, -0.05) is 35.5 Å². The number of hydrogen-bond acceptors (Lipinski definition) is 4. The fourth-order valence-corrected chi connectivity index (χ4v) is 3.27. The predicted octanol–water partition coefficient (Wildman–Crippen LogP) is 3.38. The second kappa shape index (κ2) is 5.14. The molecule has 0 saturated heterocycles. The summed E-state index contributed by atoms with van der Waals surface area (Å²) in [6.07, 6.45) is 0. The van der Waals surface area contributed by atoms with Gasteiger partial charge >= 0.3 is 5.76 Å². The largest absolute Gasteiger partial charge is 0.442 e. The molecule has 0 unspecified atom stereocenters. The van der Waals surface area contributed by atoms with Crippen LogP contribution < -0.4 is 5.76 Å². The molecule has 0 aliphatic carbocycles. The zero-order valence-electron chi connectivity index (χ0n) is 9.75. The minimum absolute atomic E-state index is 0.441. The molecule has 0 amide bonds. The standard InChI is InChI=1S/C13H9BrN2O2S/c14-11-7-6-10(19-11)8-16-12(15-18-13(16)17)9-4-2-1-3-5-9/h1-7H,8H2. The summed E-state index contributed by atoms with van der Waals surface area (Å²) in [5, 5.41) is 3.86. The molecular formula is C13H9BrN2O2S.